The van der Waals surface area contributed by atoms with Crippen molar-refractivity contribution in [1.29, 1.82) is 0 Å². The topological polar surface area (TPSA) is 55.8 Å². The zero-order chi connectivity index (χ0) is 11.8. The average molecular weight is 227 g/mol. The molecule has 2 saturated heterocycles. The number of carbonyl (C=O) groups is 1. The van der Waals surface area contributed by atoms with E-state index >= 15 is 0 Å². The number of rotatable bonds is 0. The fourth-order valence-corrected chi connectivity index (χ4v) is 2.68. The Bertz CT molecular complexity index is 282. The molecule has 2 amide bonds. The highest BCUT2D eigenvalue weighted by Gasteiger charge is 2.43. The van der Waals surface area contributed by atoms with E-state index in [0.29, 0.717) is 19.5 Å². The number of carbonyl (C=O) groups excluding carboxylic acids is 1. The summed E-state index contributed by atoms with van der Waals surface area (Å²) in [5, 5.41) is 13.7. The molecule has 92 valence electrons. The second-order valence-corrected chi connectivity index (χ2v) is 5.13. The number of fused-ring (bicyclic) bond motifs is 1. The van der Waals surface area contributed by atoms with Crippen LogP contribution < -0.4 is 5.32 Å². The SMILES string of the molecule is CN(C)C(=O)N1CC[C@@]2(O)CCNC[C@@H]2C1. The number of hydrogen-bond acceptors (Lipinski definition) is 3. The second-order valence-electron chi connectivity index (χ2n) is 5.13. The van der Waals surface area contributed by atoms with Gasteiger partial charge in [-0.1, -0.05) is 0 Å². The number of piperidine rings is 2. The minimum absolute atomic E-state index is 0.0487. The molecule has 2 N–H and O–H groups in total. The highest BCUT2D eigenvalue weighted by molar-refractivity contribution is 5.74. The Kier molecular flexibility index (Phi) is 3.08. The van der Waals surface area contributed by atoms with Gasteiger partial charge in [0.15, 0.2) is 0 Å². The Morgan fingerprint density at radius 1 is 1.50 bits per heavy atom. The molecule has 2 aliphatic rings. The van der Waals surface area contributed by atoms with Gasteiger partial charge in [0.25, 0.3) is 0 Å². The van der Waals surface area contributed by atoms with Crippen molar-refractivity contribution in [3.8, 4) is 0 Å². The highest BCUT2D eigenvalue weighted by atomic mass is 16.3. The number of likely N-dealkylation sites (tertiary alicyclic amines) is 1. The first-order valence-electron chi connectivity index (χ1n) is 5.92. The van der Waals surface area contributed by atoms with Crippen molar-refractivity contribution >= 4 is 6.03 Å². The van der Waals surface area contributed by atoms with E-state index in [1.807, 2.05) is 4.90 Å². The van der Waals surface area contributed by atoms with Gasteiger partial charge >= 0.3 is 6.03 Å². The minimum Gasteiger partial charge on any atom is -0.389 e. The molecular weight excluding hydrogens is 206 g/mol. The average Bonchev–Trinajstić information content (AvgIpc) is 2.26. The fraction of sp³-hybridized carbons (Fsp3) is 0.909. The van der Waals surface area contributed by atoms with Gasteiger partial charge in [0.1, 0.15) is 0 Å². The molecule has 5 heteroatoms. The number of aliphatic hydroxyl groups is 1. The highest BCUT2D eigenvalue weighted by Crippen LogP contribution is 2.32. The number of nitrogens with one attached hydrogen (secondary N) is 1. The molecule has 0 aromatic carbocycles. The molecule has 2 aliphatic heterocycles. The predicted octanol–water partition coefficient (Wildman–Crippen LogP) is -0.286. The monoisotopic (exact) mass is 227 g/mol. The van der Waals surface area contributed by atoms with Gasteiger partial charge < -0.3 is 20.2 Å². The Balaban J connectivity index is 2.02. The van der Waals surface area contributed by atoms with Crippen LogP contribution in [0.3, 0.4) is 0 Å². The lowest BCUT2D eigenvalue weighted by Gasteiger charge is -2.47. The largest absolute Gasteiger partial charge is 0.389 e. The van der Waals surface area contributed by atoms with Crippen molar-refractivity contribution in [3.05, 3.63) is 0 Å². The lowest BCUT2D eigenvalue weighted by atomic mass is 9.76. The Labute approximate surface area is 96.4 Å². The van der Waals surface area contributed by atoms with Crippen LogP contribution in [0.5, 0.6) is 0 Å². The molecular formula is C11H21N3O2. The van der Waals surface area contributed by atoms with E-state index in [4.69, 9.17) is 0 Å². The third-order valence-electron chi connectivity index (χ3n) is 3.79. The minimum atomic E-state index is -0.547. The van der Waals surface area contributed by atoms with Crippen LogP contribution in [0.25, 0.3) is 0 Å². The van der Waals surface area contributed by atoms with E-state index < -0.39 is 5.60 Å². The first kappa shape index (κ1) is 11.7. The Morgan fingerprint density at radius 3 is 2.94 bits per heavy atom. The number of amides is 2. The summed E-state index contributed by atoms with van der Waals surface area (Å²) in [6.45, 7) is 3.03. The summed E-state index contributed by atoms with van der Waals surface area (Å²) in [6, 6.07) is 0.0487. The van der Waals surface area contributed by atoms with E-state index in [1.165, 1.54) is 0 Å². The Morgan fingerprint density at radius 2 is 2.25 bits per heavy atom. The Hall–Kier alpha value is -0.810. The fourth-order valence-electron chi connectivity index (χ4n) is 2.68. The maximum Gasteiger partial charge on any atom is 0.319 e. The van der Waals surface area contributed by atoms with E-state index in [9.17, 15) is 9.90 Å². The zero-order valence-electron chi connectivity index (χ0n) is 10.1. The maximum atomic E-state index is 11.8. The number of nitrogens with zero attached hydrogens (tertiary/aromatic N) is 2. The molecule has 0 aromatic rings. The summed E-state index contributed by atoms with van der Waals surface area (Å²) < 4.78 is 0. The van der Waals surface area contributed by atoms with Gasteiger partial charge in [-0.05, 0) is 19.4 Å². The zero-order valence-corrected chi connectivity index (χ0v) is 10.1. The molecule has 0 spiro atoms. The van der Waals surface area contributed by atoms with Gasteiger partial charge in [-0.2, -0.15) is 0 Å². The molecule has 0 aliphatic carbocycles. The second kappa shape index (κ2) is 4.22. The van der Waals surface area contributed by atoms with Crippen LogP contribution in [-0.2, 0) is 0 Å². The predicted molar refractivity (Wildman–Crippen MR) is 61.2 cm³/mol. The summed E-state index contributed by atoms with van der Waals surface area (Å²) in [4.78, 5) is 15.3. The molecule has 2 fully saturated rings. The normalized spacial score (nSPS) is 34.4. The van der Waals surface area contributed by atoms with Crippen molar-refractivity contribution in [2.75, 3.05) is 40.3 Å². The van der Waals surface area contributed by atoms with Crippen molar-refractivity contribution < 1.29 is 9.90 Å². The quantitative estimate of drug-likeness (QED) is 0.598. The third kappa shape index (κ3) is 2.01. The lowest BCUT2D eigenvalue weighted by molar-refractivity contribution is -0.0813. The molecule has 0 bridgehead atoms. The van der Waals surface area contributed by atoms with E-state index in [2.05, 4.69) is 5.32 Å². The standard InChI is InChI=1S/C11H21N3O2/c1-13(2)10(15)14-6-4-11(16)3-5-12-7-9(11)8-14/h9,12,16H,3-8H2,1-2H3/t9-,11+/m1/s1. The molecule has 0 radical (unpaired) electrons. The van der Waals surface area contributed by atoms with Crippen molar-refractivity contribution in [3.63, 3.8) is 0 Å². The van der Waals surface area contributed by atoms with Gasteiger partial charge in [0.05, 0.1) is 5.60 Å². The van der Waals surface area contributed by atoms with Crippen LogP contribution in [-0.4, -0.2) is 66.8 Å². The molecule has 5 nitrogen and oxygen atoms in total. The van der Waals surface area contributed by atoms with Crippen LogP contribution in [0.15, 0.2) is 0 Å². The number of hydrogen-bond donors (Lipinski definition) is 2. The smallest absolute Gasteiger partial charge is 0.319 e. The molecule has 2 rings (SSSR count). The van der Waals surface area contributed by atoms with Gasteiger partial charge in [0, 0.05) is 39.6 Å². The van der Waals surface area contributed by atoms with E-state index in [1.54, 1.807) is 19.0 Å². The summed E-state index contributed by atoms with van der Waals surface area (Å²) in [6.07, 6.45) is 1.51. The van der Waals surface area contributed by atoms with Gasteiger partial charge in [-0.25, -0.2) is 4.79 Å². The van der Waals surface area contributed by atoms with Crippen molar-refractivity contribution in [2.45, 2.75) is 18.4 Å². The van der Waals surface area contributed by atoms with E-state index in [-0.39, 0.29) is 11.9 Å². The van der Waals surface area contributed by atoms with Crippen LogP contribution in [0.1, 0.15) is 12.8 Å². The molecule has 2 atom stereocenters. The molecule has 0 aromatic heterocycles. The van der Waals surface area contributed by atoms with Gasteiger partial charge in [-0.15, -0.1) is 0 Å². The summed E-state index contributed by atoms with van der Waals surface area (Å²) >= 11 is 0. The van der Waals surface area contributed by atoms with Crippen LogP contribution in [0, 0.1) is 5.92 Å². The molecule has 2 heterocycles. The maximum absolute atomic E-state index is 11.8. The first-order valence-corrected chi connectivity index (χ1v) is 5.92. The summed E-state index contributed by atoms with van der Waals surface area (Å²) in [5.74, 6) is 0.180. The van der Waals surface area contributed by atoms with Gasteiger partial charge in [0.2, 0.25) is 0 Å². The van der Waals surface area contributed by atoms with Crippen molar-refractivity contribution in [2.24, 2.45) is 5.92 Å². The van der Waals surface area contributed by atoms with Crippen LogP contribution in [0.2, 0.25) is 0 Å². The number of urea groups is 1. The third-order valence-corrected chi connectivity index (χ3v) is 3.79. The first-order chi connectivity index (χ1) is 7.53. The molecule has 0 unspecified atom stereocenters. The van der Waals surface area contributed by atoms with Crippen LogP contribution in [0.4, 0.5) is 4.79 Å². The molecule has 0 saturated carbocycles. The molecule has 16 heavy (non-hydrogen) atoms. The van der Waals surface area contributed by atoms with E-state index in [0.717, 1.165) is 19.5 Å². The lowest BCUT2D eigenvalue weighted by Crippen LogP contribution is -2.60. The van der Waals surface area contributed by atoms with Crippen LogP contribution >= 0.6 is 0 Å². The van der Waals surface area contributed by atoms with Crippen molar-refractivity contribution in [1.82, 2.24) is 15.1 Å². The summed E-state index contributed by atoms with van der Waals surface area (Å²) in [5.41, 5.74) is -0.547. The summed E-state index contributed by atoms with van der Waals surface area (Å²) in [7, 11) is 3.53. The van der Waals surface area contributed by atoms with Gasteiger partial charge in [-0.3, -0.25) is 0 Å².